The molecule has 2 aromatic rings. The minimum Gasteiger partial charge on any atom is -0.493 e. The Kier molecular flexibility index (Phi) is 9.81. The molecule has 0 aliphatic carbocycles. The van der Waals surface area contributed by atoms with Crippen LogP contribution in [-0.4, -0.2) is 50.6 Å². The molecule has 4 atom stereocenters. The molecular formula is C27H37N3O6. The number of aliphatic hydroxyl groups excluding tert-OH is 1. The van der Waals surface area contributed by atoms with Crippen LogP contribution in [0.2, 0.25) is 0 Å². The quantitative estimate of drug-likeness (QED) is 0.317. The topological polar surface area (TPSA) is 137 Å². The lowest BCUT2D eigenvalue weighted by Crippen LogP contribution is -2.39. The second kappa shape index (κ2) is 12.8. The lowest BCUT2D eigenvalue weighted by Gasteiger charge is -2.19. The van der Waals surface area contributed by atoms with Gasteiger partial charge in [-0.05, 0) is 36.0 Å². The highest BCUT2D eigenvalue weighted by molar-refractivity contribution is 5.75. The third kappa shape index (κ3) is 7.25. The van der Waals surface area contributed by atoms with Gasteiger partial charge in [-0.25, -0.2) is 4.79 Å². The number of unbranched alkanes of at least 4 members (excludes halogenated alkanes) is 2. The van der Waals surface area contributed by atoms with Crippen molar-refractivity contribution in [3.63, 3.8) is 0 Å². The molecule has 196 valence electrons. The summed E-state index contributed by atoms with van der Waals surface area (Å²) in [6, 6.07) is 7.42. The fourth-order valence-electron chi connectivity index (χ4n) is 3.93. The van der Waals surface area contributed by atoms with E-state index in [0.717, 1.165) is 12.0 Å². The molecule has 0 spiro atoms. The summed E-state index contributed by atoms with van der Waals surface area (Å²) in [5, 5.41) is 20.6. The number of aromatic nitrogens is 2. The van der Waals surface area contributed by atoms with Gasteiger partial charge < -0.3 is 25.4 Å². The Balaban J connectivity index is 1.67. The predicted octanol–water partition coefficient (Wildman–Crippen LogP) is 3.03. The highest BCUT2D eigenvalue weighted by Gasteiger charge is 2.37. The number of hydrogen-bond acceptors (Lipinski definition) is 8. The van der Waals surface area contributed by atoms with Crippen molar-refractivity contribution in [1.29, 1.82) is 0 Å². The van der Waals surface area contributed by atoms with Crippen molar-refractivity contribution in [1.82, 2.24) is 9.55 Å². The molecule has 0 bridgehead atoms. The zero-order valence-corrected chi connectivity index (χ0v) is 21.2. The number of ether oxygens (including phenoxy) is 2. The number of carbonyl (C=O) groups excluding carboxylic acids is 1. The Labute approximate surface area is 211 Å². The summed E-state index contributed by atoms with van der Waals surface area (Å²) in [7, 11) is 0. The van der Waals surface area contributed by atoms with Crippen LogP contribution in [0.25, 0.3) is 12.2 Å². The number of carbonyl (C=O) groups is 1. The number of rotatable bonds is 11. The maximum atomic E-state index is 12.4. The number of aromatic hydroxyl groups is 1. The van der Waals surface area contributed by atoms with Crippen LogP contribution in [0.5, 0.6) is 5.88 Å². The van der Waals surface area contributed by atoms with Gasteiger partial charge in [0.15, 0.2) is 0 Å². The first-order chi connectivity index (χ1) is 17.2. The minimum absolute atomic E-state index is 0.0866. The van der Waals surface area contributed by atoms with Crippen molar-refractivity contribution in [2.75, 3.05) is 6.61 Å². The Bertz CT molecular complexity index is 1100. The summed E-state index contributed by atoms with van der Waals surface area (Å²) in [5.41, 5.74) is 7.63. The number of aryl methyl sites for hydroxylation is 1. The Morgan fingerprint density at radius 1 is 1.28 bits per heavy atom. The first kappa shape index (κ1) is 27.6. The fourth-order valence-corrected chi connectivity index (χ4v) is 3.93. The average Bonchev–Trinajstić information content (AvgIpc) is 3.22. The molecule has 3 rings (SSSR count). The summed E-state index contributed by atoms with van der Waals surface area (Å²) in [6.45, 7) is 5.62. The van der Waals surface area contributed by atoms with E-state index in [4.69, 9.17) is 15.2 Å². The van der Waals surface area contributed by atoms with E-state index in [-0.39, 0.29) is 18.9 Å². The first-order valence-corrected chi connectivity index (χ1v) is 12.5. The van der Waals surface area contributed by atoms with Crippen LogP contribution >= 0.6 is 0 Å². The molecule has 0 saturated carbocycles. The van der Waals surface area contributed by atoms with E-state index in [1.165, 1.54) is 35.6 Å². The predicted molar refractivity (Wildman–Crippen MR) is 137 cm³/mol. The standard InChI is InChI=1S/C27H37N3O6/c1-4-5-6-7-18-8-10-19(11-9-18)12-13-20-15-30(27(34)29-25(20)32)23-14-21(31)22(36-23)16-35-26(33)24(28)17(2)3/h8-13,15,17,21-24,31H,4-7,14,16,28H2,1-3H3,(H,29,32,34)/b13-12+. The SMILES string of the molecule is CCCCCc1ccc(/C=C/c2cn(C3CC(O)C(COC(=O)C(N)C(C)C)O3)c(=O)nc2O)cc1. The molecule has 9 nitrogen and oxygen atoms in total. The molecule has 0 radical (unpaired) electrons. The monoisotopic (exact) mass is 499 g/mol. The maximum absolute atomic E-state index is 12.4. The van der Waals surface area contributed by atoms with E-state index in [1.54, 1.807) is 6.08 Å². The molecule has 4 N–H and O–H groups in total. The molecule has 4 unspecified atom stereocenters. The van der Waals surface area contributed by atoms with Crippen LogP contribution < -0.4 is 11.4 Å². The number of esters is 1. The third-order valence-electron chi connectivity index (χ3n) is 6.36. The van der Waals surface area contributed by atoms with Crippen LogP contribution in [0.1, 0.15) is 69.4 Å². The Morgan fingerprint density at radius 3 is 2.67 bits per heavy atom. The number of nitrogens with two attached hydrogens (primary N) is 1. The first-order valence-electron chi connectivity index (χ1n) is 12.5. The van der Waals surface area contributed by atoms with Crippen molar-refractivity contribution in [2.45, 2.75) is 77.4 Å². The normalized spacial score (nSPS) is 20.8. The van der Waals surface area contributed by atoms with Crippen LogP contribution in [-0.2, 0) is 20.7 Å². The second-order valence-corrected chi connectivity index (χ2v) is 9.57. The van der Waals surface area contributed by atoms with Crippen molar-refractivity contribution in [3.8, 4) is 5.88 Å². The zero-order chi connectivity index (χ0) is 26.2. The number of aliphatic hydroxyl groups is 1. The molecule has 2 heterocycles. The van der Waals surface area contributed by atoms with Gasteiger partial charge in [-0.2, -0.15) is 4.98 Å². The molecule has 0 amide bonds. The summed E-state index contributed by atoms with van der Waals surface area (Å²) in [5.74, 6) is -1.05. The average molecular weight is 500 g/mol. The van der Waals surface area contributed by atoms with Crippen molar-refractivity contribution in [3.05, 3.63) is 57.6 Å². The molecule has 1 aliphatic rings. The Morgan fingerprint density at radius 2 is 2.00 bits per heavy atom. The van der Waals surface area contributed by atoms with Gasteiger partial charge >= 0.3 is 11.7 Å². The van der Waals surface area contributed by atoms with E-state index in [1.807, 2.05) is 32.1 Å². The molecule has 1 aromatic heterocycles. The van der Waals surface area contributed by atoms with Crippen molar-refractivity contribution >= 4 is 18.1 Å². The highest BCUT2D eigenvalue weighted by atomic mass is 16.6. The van der Waals surface area contributed by atoms with Crippen LogP contribution in [0.15, 0.2) is 35.3 Å². The molecule has 1 aliphatic heterocycles. The van der Waals surface area contributed by atoms with Gasteiger partial charge in [0.05, 0.1) is 11.7 Å². The number of nitrogens with zero attached hydrogens (tertiary/aromatic N) is 2. The summed E-state index contributed by atoms with van der Waals surface area (Å²) in [6.07, 6.45) is 7.07. The molecule has 1 fully saturated rings. The summed E-state index contributed by atoms with van der Waals surface area (Å²) in [4.78, 5) is 28.2. The molecular weight excluding hydrogens is 462 g/mol. The lowest BCUT2D eigenvalue weighted by atomic mass is 10.0. The van der Waals surface area contributed by atoms with Crippen molar-refractivity contribution in [2.24, 2.45) is 11.7 Å². The molecule has 1 aromatic carbocycles. The van der Waals surface area contributed by atoms with Gasteiger partial charge in [-0.1, -0.05) is 64.0 Å². The molecule has 1 saturated heterocycles. The van der Waals surface area contributed by atoms with Crippen LogP contribution in [0, 0.1) is 5.92 Å². The van der Waals surface area contributed by atoms with E-state index in [0.29, 0.717) is 5.56 Å². The van der Waals surface area contributed by atoms with E-state index in [2.05, 4.69) is 24.0 Å². The van der Waals surface area contributed by atoms with Crippen molar-refractivity contribution < 1.29 is 24.5 Å². The molecule has 36 heavy (non-hydrogen) atoms. The fraction of sp³-hybridized carbons (Fsp3) is 0.519. The second-order valence-electron chi connectivity index (χ2n) is 9.57. The third-order valence-corrected chi connectivity index (χ3v) is 6.36. The van der Waals surface area contributed by atoms with Gasteiger partial charge in [0.2, 0.25) is 5.88 Å². The van der Waals surface area contributed by atoms with Crippen LogP contribution in [0.3, 0.4) is 0 Å². The number of hydrogen-bond donors (Lipinski definition) is 3. The van der Waals surface area contributed by atoms with Gasteiger partial charge in [-0.3, -0.25) is 9.36 Å². The maximum Gasteiger partial charge on any atom is 0.353 e. The van der Waals surface area contributed by atoms with Gasteiger partial charge in [0.25, 0.3) is 0 Å². The van der Waals surface area contributed by atoms with E-state index < -0.39 is 42.0 Å². The van der Waals surface area contributed by atoms with E-state index >= 15 is 0 Å². The van der Waals surface area contributed by atoms with Crippen LogP contribution in [0.4, 0.5) is 0 Å². The summed E-state index contributed by atoms with van der Waals surface area (Å²) >= 11 is 0. The largest absolute Gasteiger partial charge is 0.493 e. The van der Waals surface area contributed by atoms with Gasteiger partial charge in [-0.15, -0.1) is 0 Å². The smallest absolute Gasteiger partial charge is 0.353 e. The number of benzene rings is 1. The van der Waals surface area contributed by atoms with Gasteiger partial charge in [0.1, 0.15) is 25.0 Å². The van der Waals surface area contributed by atoms with Gasteiger partial charge in [0, 0.05) is 12.6 Å². The highest BCUT2D eigenvalue weighted by Crippen LogP contribution is 2.29. The van der Waals surface area contributed by atoms with E-state index in [9.17, 15) is 19.8 Å². The lowest BCUT2D eigenvalue weighted by molar-refractivity contribution is -0.152. The minimum atomic E-state index is -0.950. The zero-order valence-electron chi connectivity index (χ0n) is 21.2. The Hall–Kier alpha value is -3.01. The molecule has 9 heteroatoms. The summed E-state index contributed by atoms with van der Waals surface area (Å²) < 4.78 is 12.2.